The van der Waals surface area contributed by atoms with Gasteiger partial charge in [0.2, 0.25) is 5.91 Å². The lowest BCUT2D eigenvalue weighted by Crippen LogP contribution is -2.41. The van der Waals surface area contributed by atoms with E-state index in [9.17, 15) is 13.2 Å². The summed E-state index contributed by atoms with van der Waals surface area (Å²) in [4.78, 5) is 13.2. The molecule has 3 aromatic carbocycles. The van der Waals surface area contributed by atoms with Crippen molar-refractivity contribution in [2.75, 3.05) is 17.5 Å². The van der Waals surface area contributed by atoms with E-state index in [-0.39, 0.29) is 17.5 Å². The molecule has 1 amide bonds. The van der Waals surface area contributed by atoms with Gasteiger partial charge in [0.15, 0.2) is 0 Å². The number of aryl methyl sites for hydroxylation is 3. The van der Waals surface area contributed by atoms with Crippen LogP contribution in [0.3, 0.4) is 0 Å². The van der Waals surface area contributed by atoms with Crippen LogP contribution in [0.1, 0.15) is 42.1 Å². The second kappa shape index (κ2) is 11.1. The highest BCUT2D eigenvalue weighted by Crippen LogP contribution is 2.27. The molecule has 3 aromatic rings. The van der Waals surface area contributed by atoms with Crippen molar-refractivity contribution in [2.24, 2.45) is 0 Å². The Labute approximate surface area is 212 Å². The molecule has 0 saturated carbocycles. The number of hydrogen-bond donors (Lipinski definition) is 1. The lowest BCUT2D eigenvalue weighted by Gasteiger charge is -2.26. The van der Waals surface area contributed by atoms with Gasteiger partial charge in [-0.3, -0.25) is 9.10 Å². The normalized spacial score (nSPS) is 12.2. The summed E-state index contributed by atoms with van der Waals surface area (Å²) in [5.74, 6) is 0.199. The molecule has 0 aliphatic carbocycles. The van der Waals surface area contributed by atoms with E-state index in [0.717, 1.165) is 21.0 Å². The molecule has 0 unspecified atom stereocenters. The largest absolute Gasteiger partial charge is 0.494 e. The van der Waals surface area contributed by atoms with Crippen LogP contribution in [0, 0.1) is 20.8 Å². The lowest BCUT2D eigenvalue weighted by molar-refractivity contribution is -0.120. The molecule has 8 heteroatoms. The van der Waals surface area contributed by atoms with E-state index in [1.54, 1.807) is 24.3 Å². The molecule has 0 radical (unpaired) electrons. The van der Waals surface area contributed by atoms with Crippen LogP contribution in [0.2, 0.25) is 5.02 Å². The van der Waals surface area contributed by atoms with Crippen LogP contribution in [-0.4, -0.2) is 27.5 Å². The van der Waals surface area contributed by atoms with E-state index in [1.807, 2.05) is 34.6 Å². The van der Waals surface area contributed by atoms with E-state index in [2.05, 4.69) is 17.4 Å². The van der Waals surface area contributed by atoms with Gasteiger partial charge in [0.25, 0.3) is 10.0 Å². The molecule has 0 aromatic heterocycles. The Balaban J connectivity index is 1.91. The Kier molecular flexibility index (Phi) is 8.46. The van der Waals surface area contributed by atoms with Crippen molar-refractivity contribution in [2.45, 2.75) is 45.6 Å². The van der Waals surface area contributed by atoms with Crippen LogP contribution >= 0.6 is 11.6 Å². The predicted molar refractivity (Wildman–Crippen MR) is 141 cm³/mol. The van der Waals surface area contributed by atoms with Gasteiger partial charge in [-0.1, -0.05) is 23.7 Å². The van der Waals surface area contributed by atoms with E-state index >= 15 is 0 Å². The van der Waals surface area contributed by atoms with Gasteiger partial charge in [0, 0.05) is 5.02 Å². The van der Waals surface area contributed by atoms with Gasteiger partial charge in [0.05, 0.1) is 23.2 Å². The first-order valence-electron chi connectivity index (χ1n) is 11.4. The highest BCUT2D eigenvalue weighted by molar-refractivity contribution is 7.92. The summed E-state index contributed by atoms with van der Waals surface area (Å²) in [5, 5.41) is 3.38. The van der Waals surface area contributed by atoms with Crippen molar-refractivity contribution in [1.82, 2.24) is 5.32 Å². The number of nitrogens with one attached hydrogen (secondary N) is 1. The minimum atomic E-state index is -4.04. The summed E-state index contributed by atoms with van der Waals surface area (Å²) in [6, 6.07) is 16.4. The molecule has 0 aliphatic rings. The summed E-state index contributed by atoms with van der Waals surface area (Å²) in [5.41, 5.74) is 4.73. The number of hydrogen-bond acceptors (Lipinski definition) is 4. The molecule has 3 rings (SSSR count). The molecule has 1 atom stereocenters. The SMILES string of the molecule is CCOc1ccc(N(CC(=O)N[C@H](C)c2cc(C)c(C)cc2C)S(=O)(=O)c2ccc(Cl)cc2)cc1. The van der Waals surface area contributed by atoms with Gasteiger partial charge in [0.1, 0.15) is 12.3 Å². The van der Waals surface area contributed by atoms with Crippen LogP contribution < -0.4 is 14.4 Å². The third-order valence-electron chi connectivity index (χ3n) is 5.85. The Morgan fingerprint density at radius 1 is 0.971 bits per heavy atom. The van der Waals surface area contributed by atoms with Gasteiger partial charge < -0.3 is 10.1 Å². The minimum Gasteiger partial charge on any atom is -0.494 e. The van der Waals surface area contributed by atoms with Crippen LogP contribution in [0.25, 0.3) is 0 Å². The number of halogens is 1. The highest BCUT2D eigenvalue weighted by Gasteiger charge is 2.28. The molecule has 0 fully saturated rings. The fourth-order valence-corrected chi connectivity index (χ4v) is 5.42. The molecule has 1 N–H and O–H groups in total. The molecular formula is C27H31ClN2O4S. The van der Waals surface area contributed by atoms with Gasteiger partial charge in [-0.15, -0.1) is 0 Å². The first-order chi connectivity index (χ1) is 16.5. The second-order valence-corrected chi connectivity index (χ2v) is 10.8. The summed E-state index contributed by atoms with van der Waals surface area (Å²) < 4.78 is 33.7. The second-order valence-electron chi connectivity index (χ2n) is 8.47. The zero-order valence-electron chi connectivity index (χ0n) is 20.6. The smallest absolute Gasteiger partial charge is 0.264 e. The number of sulfonamides is 1. The number of carbonyl (C=O) groups excluding carboxylic acids is 1. The fourth-order valence-electron chi connectivity index (χ4n) is 3.87. The van der Waals surface area contributed by atoms with Crippen molar-refractivity contribution in [3.05, 3.63) is 87.9 Å². The standard InChI is InChI=1S/C27H31ClN2O4S/c1-6-34-24-11-9-23(10-12-24)30(35(32,33)25-13-7-22(28)8-14-25)17-27(31)29-21(5)26-16-19(3)18(2)15-20(26)4/h7-16,21H,6,17H2,1-5H3,(H,29,31)/t21-/m1/s1. The number of nitrogens with zero attached hydrogens (tertiary/aromatic N) is 1. The lowest BCUT2D eigenvalue weighted by atomic mass is 9.96. The molecule has 0 heterocycles. The number of rotatable bonds is 9. The Morgan fingerprint density at radius 3 is 2.17 bits per heavy atom. The maximum Gasteiger partial charge on any atom is 0.264 e. The summed E-state index contributed by atoms with van der Waals surface area (Å²) >= 11 is 5.95. The van der Waals surface area contributed by atoms with Gasteiger partial charge >= 0.3 is 0 Å². The van der Waals surface area contributed by atoms with Crippen LogP contribution in [0.15, 0.2) is 65.6 Å². The third kappa shape index (κ3) is 6.35. The molecule has 186 valence electrons. The van der Waals surface area contributed by atoms with Crippen LogP contribution in [0.5, 0.6) is 5.75 Å². The molecule has 0 spiro atoms. The van der Waals surface area contributed by atoms with Gasteiger partial charge in [-0.2, -0.15) is 0 Å². The summed E-state index contributed by atoms with van der Waals surface area (Å²) in [6.45, 7) is 9.95. The highest BCUT2D eigenvalue weighted by atomic mass is 35.5. The average Bonchev–Trinajstić information content (AvgIpc) is 2.81. The number of amides is 1. The summed E-state index contributed by atoms with van der Waals surface area (Å²) in [7, 11) is -4.04. The summed E-state index contributed by atoms with van der Waals surface area (Å²) in [6.07, 6.45) is 0. The first kappa shape index (κ1) is 26.6. The van der Waals surface area contributed by atoms with Crippen molar-refractivity contribution < 1.29 is 17.9 Å². The molecule has 0 bridgehead atoms. The number of anilines is 1. The van der Waals surface area contributed by atoms with E-state index < -0.39 is 15.9 Å². The number of ether oxygens (including phenoxy) is 1. The third-order valence-corrected chi connectivity index (χ3v) is 7.89. The van der Waals surface area contributed by atoms with Gasteiger partial charge in [-0.05, 0) is 105 Å². The quantitative estimate of drug-likeness (QED) is 0.395. The van der Waals surface area contributed by atoms with Gasteiger partial charge in [-0.25, -0.2) is 8.42 Å². The maximum atomic E-state index is 13.6. The fraction of sp³-hybridized carbons (Fsp3) is 0.296. The molecule has 6 nitrogen and oxygen atoms in total. The first-order valence-corrected chi connectivity index (χ1v) is 13.2. The number of carbonyl (C=O) groups is 1. The monoisotopic (exact) mass is 514 g/mol. The van der Waals surface area contributed by atoms with Crippen LogP contribution in [-0.2, 0) is 14.8 Å². The van der Waals surface area contributed by atoms with Crippen molar-refractivity contribution in [1.29, 1.82) is 0 Å². The number of benzene rings is 3. The van der Waals surface area contributed by atoms with Crippen molar-refractivity contribution in [3.8, 4) is 5.75 Å². The molecular weight excluding hydrogens is 484 g/mol. The zero-order chi connectivity index (χ0) is 25.8. The Bertz CT molecular complexity index is 1290. The average molecular weight is 515 g/mol. The van der Waals surface area contributed by atoms with Crippen LogP contribution in [0.4, 0.5) is 5.69 Å². The topological polar surface area (TPSA) is 75.7 Å². The molecule has 0 aliphatic heterocycles. The zero-order valence-corrected chi connectivity index (χ0v) is 22.2. The Morgan fingerprint density at radius 2 is 1.57 bits per heavy atom. The van der Waals surface area contributed by atoms with Crippen molar-refractivity contribution >= 4 is 33.2 Å². The Hall–Kier alpha value is -3.03. The van der Waals surface area contributed by atoms with E-state index in [4.69, 9.17) is 16.3 Å². The minimum absolute atomic E-state index is 0.0432. The van der Waals surface area contributed by atoms with E-state index in [1.165, 1.54) is 29.8 Å². The molecule has 35 heavy (non-hydrogen) atoms. The maximum absolute atomic E-state index is 13.6. The van der Waals surface area contributed by atoms with E-state index in [0.29, 0.717) is 23.1 Å². The van der Waals surface area contributed by atoms with Crippen molar-refractivity contribution in [3.63, 3.8) is 0 Å². The predicted octanol–water partition coefficient (Wildman–Crippen LogP) is 5.74. The molecule has 0 saturated heterocycles.